The molecule has 4 aliphatic rings. The highest BCUT2D eigenvalue weighted by Crippen LogP contribution is 2.66. The molecular formula is C36H27Cl3F4N4O5. The zero-order chi connectivity index (χ0) is 37.7. The summed E-state index contributed by atoms with van der Waals surface area (Å²) in [6, 6.07) is 10.9. The lowest BCUT2D eigenvalue weighted by molar-refractivity contribution is -0.141. The van der Waals surface area contributed by atoms with Crippen LogP contribution in [-0.2, 0) is 31.8 Å². The fourth-order valence-electron chi connectivity index (χ4n) is 8.10. The van der Waals surface area contributed by atoms with Gasteiger partial charge in [0, 0.05) is 18.5 Å². The number of halogens is 7. The Kier molecular flexibility index (Phi) is 8.51. The van der Waals surface area contributed by atoms with Crippen molar-refractivity contribution in [2.75, 3.05) is 17.0 Å². The number of amides is 4. The van der Waals surface area contributed by atoms with E-state index in [2.05, 4.69) is 11.6 Å². The summed E-state index contributed by atoms with van der Waals surface area (Å²) in [6.07, 6.45) is -1.93. The Hall–Kier alpha value is -4.46. The number of hydrogen-bond acceptors (Lipinski definition) is 7. The number of rotatable bonds is 6. The molecule has 2 aliphatic heterocycles. The molecule has 1 aromatic heterocycles. The van der Waals surface area contributed by atoms with E-state index in [0.29, 0.717) is 22.2 Å². The number of hydrogen-bond donors (Lipinski definition) is 1. The van der Waals surface area contributed by atoms with Crippen molar-refractivity contribution in [2.45, 2.75) is 41.1 Å². The van der Waals surface area contributed by atoms with Crippen LogP contribution in [-0.4, -0.2) is 55.5 Å². The van der Waals surface area contributed by atoms with Crippen LogP contribution in [0.25, 0.3) is 0 Å². The number of pyridine rings is 1. The minimum Gasteiger partial charge on any atom is -0.507 e. The van der Waals surface area contributed by atoms with Crippen molar-refractivity contribution in [3.05, 3.63) is 107 Å². The van der Waals surface area contributed by atoms with Gasteiger partial charge in [0.1, 0.15) is 17.3 Å². The Bertz CT molecular complexity index is 2110. The predicted molar refractivity (Wildman–Crippen MR) is 183 cm³/mol. The quantitative estimate of drug-likeness (QED) is 0.125. The molecule has 0 unspecified atom stereocenters. The van der Waals surface area contributed by atoms with E-state index in [4.69, 9.17) is 34.8 Å². The molecule has 2 aliphatic carbocycles. The molecule has 6 atom stereocenters. The Labute approximate surface area is 309 Å². The topological polar surface area (TPSA) is 111 Å². The van der Waals surface area contributed by atoms with E-state index in [1.165, 1.54) is 25.2 Å². The zero-order valence-corrected chi connectivity index (χ0v) is 29.3. The van der Waals surface area contributed by atoms with Crippen molar-refractivity contribution in [1.29, 1.82) is 0 Å². The molecular weight excluding hydrogens is 751 g/mol. The lowest BCUT2D eigenvalue weighted by Crippen LogP contribution is -2.60. The van der Waals surface area contributed by atoms with Crippen LogP contribution in [0.1, 0.15) is 35.6 Å². The highest BCUT2D eigenvalue weighted by Gasteiger charge is 2.77. The maximum absolute atomic E-state index is 14.5. The van der Waals surface area contributed by atoms with Crippen molar-refractivity contribution < 1.29 is 41.8 Å². The number of allylic oxidation sites excluding steroid dienone is 3. The molecule has 270 valence electrons. The summed E-state index contributed by atoms with van der Waals surface area (Å²) in [5, 5.41) is 12.9. The van der Waals surface area contributed by atoms with E-state index in [1.807, 2.05) is 0 Å². The smallest absolute Gasteiger partial charge is 0.433 e. The van der Waals surface area contributed by atoms with E-state index in [-0.39, 0.29) is 34.9 Å². The average molecular weight is 778 g/mol. The van der Waals surface area contributed by atoms with Crippen LogP contribution in [0.5, 0.6) is 5.75 Å². The van der Waals surface area contributed by atoms with Crippen molar-refractivity contribution in [1.82, 2.24) is 9.99 Å². The van der Waals surface area contributed by atoms with Gasteiger partial charge in [0.05, 0.1) is 22.5 Å². The van der Waals surface area contributed by atoms with E-state index < -0.39 is 87.0 Å². The zero-order valence-electron chi connectivity index (χ0n) is 27.0. The lowest BCUT2D eigenvalue weighted by atomic mass is 9.56. The highest BCUT2D eigenvalue weighted by molar-refractivity contribution is 6.58. The van der Waals surface area contributed by atoms with Crippen LogP contribution in [0.2, 0.25) is 5.02 Å². The first kappa shape index (κ1) is 35.9. The fraction of sp³-hybridized carbons (Fsp3) is 0.306. The number of anilines is 2. The van der Waals surface area contributed by atoms with Crippen molar-refractivity contribution in [3.8, 4) is 5.75 Å². The van der Waals surface area contributed by atoms with Gasteiger partial charge in [-0.25, -0.2) is 14.3 Å². The molecule has 2 aromatic carbocycles. The second kappa shape index (κ2) is 12.3. The summed E-state index contributed by atoms with van der Waals surface area (Å²) >= 11 is 20.9. The van der Waals surface area contributed by atoms with E-state index >= 15 is 0 Å². The molecule has 7 rings (SSSR count). The lowest BCUT2D eigenvalue weighted by Gasteiger charge is -2.50. The summed E-state index contributed by atoms with van der Waals surface area (Å²) < 4.78 is 54.7. The predicted octanol–water partition coefficient (Wildman–Crippen LogP) is 6.94. The molecule has 16 heteroatoms. The third-order valence-electron chi connectivity index (χ3n) is 10.4. The minimum atomic E-state index is -4.85. The number of alkyl halides is 5. The summed E-state index contributed by atoms with van der Waals surface area (Å²) in [6.45, 7) is 3.72. The maximum Gasteiger partial charge on any atom is 0.433 e. The molecule has 3 heterocycles. The number of carbonyl (C=O) groups excluding carboxylic acids is 4. The van der Waals surface area contributed by atoms with E-state index in [9.17, 15) is 41.8 Å². The largest absolute Gasteiger partial charge is 0.507 e. The standard InChI is InChI=1S/C36H27Cl3F4N4O5/c1-3-5-17-6-4-7-22(28(17)48)27-20-12-13-21-26(31(50)47(30(21)49)45(2)29-24(37)14-15-25(44-29)36(41,42)43)23(20)16-34(38)32(51)46(33(52)35(27,34)39)19-10-8-18(40)9-11-19/h3-4,6-12,14-15,21,23,26-27,48H,1,5,13,16H2,2H3/t21-,23+,26-,27+,34+,35-/m0/s1. The highest BCUT2D eigenvalue weighted by atomic mass is 35.5. The first-order valence-electron chi connectivity index (χ1n) is 16.0. The summed E-state index contributed by atoms with van der Waals surface area (Å²) in [4.78, 5) is 57.1. The second-order valence-corrected chi connectivity index (χ2v) is 14.8. The fourth-order valence-corrected chi connectivity index (χ4v) is 9.25. The molecule has 3 aromatic rings. The number of hydrazine groups is 1. The molecule has 52 heavy (non-hydrogen) atoms. The van der Waals surface area contributed by atoms with E-state index in [1.54, 1.807) is 24.3 Å². The monoisotopic (exact) mass is 776 g/mol. The van der Waals surface area contributed by atoms with Crippen molar-refractivity contribution >= 4 is 69.9 Å². The van der Waals surface area contributed by atoms with Crippen molar-refractivity contribution in [3.63, 3.8) is 0 Å². The Balaban J connectivity index is 1.37. The van der Waals surface area contributed by atoms with Crippen LogP contribution in [0.4, 0.5) is 29.1 Å². The van der Waals surface area contributed by atoms with Gasteiger partial charge in [0.15, 0.2) is 15.6 Å². The van der Waals surface area contributed by atoms with Crippen LogP contribution in [0, 0.1) is 23.6 Å². The summed E-state index contributed by atoms with van der Waals surface area (Å²) in [5.74, 6) is -9.52. The first-order chi connectivity index (χ1) is 24.5. The Morgan fingerprint density at radius 1 is 1.02 bits per heavy atom. The number of para-hydroxylation sites is 1. The molecule has 0 radical (unpaired) electrons. The van der Waals surface area contributed by atoms with Crippen LogP contribution >= 0.6 is 34.8 Å². The number of phenols is 1. The number of benzene rings is 2. The second-order valence-electron chi connectivity index (χ2n) is 13.1. The Morgan fingerprint density at radius 3 is 2.37 bits per heavy atom. The number of fused-ring (bicyclic) bond motifs is 4. The molecule has 0 spiro atoms. The van der Waals surface area contributed by atoms with Gasteiger partial charge in [-0.1, -0.05) is 47.5 Å². The number of carbonyl (C=O) groups is 4. The van der Waals surface area contributed by atoms with Gasteiger partial charge in [-0.15, -0.1) is 29.8 Å². The minimum absolute atomic E-state index is 0.0190. The molecule has 9 nitrogen and oxygen atoms in total. The molecule has 3 fully saturated rings. The third-order valence-corrected chi connectivity index (χ3v) is 12.1. The first-order valence-corrected chi connectivity index (χ1v) is 17.1. The Morgan fingerprint density at radius 2 is 1.71 bits per heavy atom. The molecule has 4 amide bonds. The van der Waals surface area contributed by atoms with Gasteiger partial charge in [0.2, 0.25) is 0 Å². The molecule has 0 bridgehead atoms. The van der Waals surface area contributed by atoms with Crippen LogP contribution < -0.4 is 9.91 Å². The third kappa shape index (κ3) is 4.99. The molecule has 2 saturated heterocycles. The van der Waals surface area contributed by atoms with Gasteiger partial charge in [-0.3, -0.25) is 24.2 Å². The van der Waals surface area contributed by atoms with Gasteiger partial charge in [0.25, 0.3) is 23.6 Å². The number of aromatic hydroxyl groups is 1. The average Bonchev–Trinajstić information content (AvgIpc) is 3.43. The number of nitrogens with zero attached hydrogens (tertiary/aromatic N) is 4. The van der Waals surface area contributed by atoms with Gasteiger partial charge in [-0.05, 0) is 67.1 Å². The summed E-state index contributed by atoms with van der Waals surface area (Å²) in [5.41, 5.74) is -0.412. The summed E-state index contributed by atoms with van der Waals surface area (Å²) in [7, 11) is 1.18. The van der Waals surface area contributed by atoms with E-state index in [0.717, 1.165) is 28.1 Å². The van der Waals surface area contributed by atoms with Crippen LogP contribution in [0.3, 0.4) is 0 Å². The van der Waals surface area contributed by atoms with Gasteiger partial charge in [-0.2, -0.15) is 18.2 Å². The maximum atomic E-state index is 14.5. The SMILES string of the molecule is C=CCc1cccc([C@H]2C3=CC[C@@H]4C(=O)N(N(C)c5nc(C(F)(F)F)ccc5Cl)C(=O)[C@@H]4[C@@H]3C[C@@]3(Cl)C(=O)N(c4ccc(F)cc4)C(=O)[C@@]23Cl)c1O. The van der Waals surface area contributed by atoms with Gasteiger partial charge < -0.3 is 5.11 Å². The normalized spacial score (nSPS) is 28.4. The van der Waals surface area contributed by atoms with Crippen molar-refractivity contribution in [2.24, 2.45) is 17.8 Å². The number of phenolic OH excluding ortho intramolecular Hbond substituents is 1. The van der Waals surface area contributed by atoms with Crippen LogP contribution in [0.15, 0.2) is 78.9 Å². The number of imide groups is 2. The number of aromatic nitrogens is 1. The molecule has 1 N–H and O–H groups in total. The van der Waals surface area contributed by atoms with Gasteiger partial charge >= 0.3 is 6.18 Å². The molecule has 1 saturated carbocycles.